The van der Waals surface area contributed by atoms with Gasteiger partial charge in [-0.2, -0.15) is 0 Å². The van der Waals surface area contributed by atoms with E-state index in [1.165, 1.54) is 70.6 Å². The molecular formula is C30H47IN2O2. The van der Waals surface area contributed by atoms with Crippen molar-refractivity contribution in [3.63, 3.8) is 0 Å². The van der Waals surface area contributed by atoms with Gasteiger partial charge in [0.1, 0.15) is 19.3 Å². The molecule has 0 bridgehead atoms. The van der Waals surface area contributed by atoms with Crippen molar-refractivity contribution in [3.8, 4) is 5.75 Å². The van der Waals surface area contributed by atoms with Crippen LogP contribution >= 0.6 is 0 Å². The Bertz CT molecular complexity index is 828. The summed E-state index contributed by atoms with van der Waals surface area (Å²) in [6, 6.07) is 14.2. The first-order chi connectivity index (χ1) is 16.6. The number of amides is 1. The third-order valence-electron chi connectivity index (χ3n) is 6.55. The normalized spacial score (nSPS) is 10.6. The molecule has 1 aromatic heterocycles. The number of para-hydroxylation sites is 1. The minimum Gasteiger partial charge on any atom is -1.00 e. The quantitative estimate of drug-likeness (QED) is 0.148. The monoisotopic (exact) mass is 594 g/mol. The van der Waals surface area contributed by atoms with E-state index in [-0.39, 0.29) is 29.9 Å². The van der Waals surface area contributed by atoms with Gasteiger partial charge in [-0.3, -0.25) is 4.79 Å². The molecule has 0 N–H and O–H groups in total. The van der Waals surface area contributed by atoms with Crippen LogP contribution in [0.1, 0.15) is 102 Å². The maximum absolute atomic E-state index is 12.3. The van der Waals surface area contributed by atoms with E-state index in [0.717, 1.165) is 30.0 Å². The third-order valence-corrected chi connectivity index (χ3v) is 6.55. The molecule has 2 rings (SSSR count). The predicted octanol–water partition coefficient (Wildman–Crippen LogP) is 4.14. The number of unbranched alkanes of at least 4 members (excludes halogenated alkanes) is 11. The Kier molecular flexibility index (Phi) is 17.5. The second-order valence-electron chi connectivity index (χ2n) is 9.52. The van der Waals surface area contributed by atoms with Gasteiger partial charge in [-0.15, -0.1) is 0 Å². The Hall–Kier alpha value is -1.63. The molecule has 196 valence electrons. The van der Waals surface area contributed by atoms with Gasteiger partial charge < -0.3 is 33.6 Å². The summed E-state index contributed by atoms with van der Waals surface area (Å²) in [4.78, 5) is 14.2. The molecule has 0 saturated heterocycles. The van der Waals surface area contributed by atoms with E-state index < -0.39 is 0 Å². The molecule has 35 heavy (non-hydrogen) atoms. The van der Waals surface area contributed by atoms with Crippen molar-refractivity contribution in [3.05, 3.63) is 59.9 Å². The minimum absolute atomic E-state index is 0. The van der Waals surface area contributed by atoms with E-state index in [1.54, 1.807) is 6.92 Å². The molecule has 1 amide bonds. The number of nitrogens with zero attached hydrogens (tertiary/aromatic N) is 2. The lowest BCUT2D eigenvalue weighted by molar-refractivity contribution is -0.680. The number of benzene rings is 1. The molecule has 0 aliphatic heterocycles. The van der Waals surface area contributed by atoms with Crippen LogP contribution in [0.25, 0.3) is 0 Å². The van der Waals surface area contributed by atoms with Gasteiger partial charge >= 0.3 is 0 Å². The molecule has 0 spiro atoms. The predicted molar refractivity (Wildman–Crippen MR) is 141 cm³/mol. The highest BCUT2D eigenvalue weighted by molar-refractivity contribution is 5.73. The van der Waals surface area contributed by atoms with E-state index in [9.17, 15) is 4.79 Å². The maximum Gasteiger partial charge on any atom is 0.220 e. The van der Waals surface area contributed by atoms with Crippen LogP contribution < -0.4 is 33.3 Å². The molecule has 0 aliphatic carbocycles. The summed E-state index contributed by atoms with van der Waals surface area (Å²) in [5, 5.41) is 0. The van der Waals surface area contributed by atoms with E-state index in [0.29, 0.717) is 13.1 Å². The summed E-state index contributed by atoms with van der Waals surface area (Å²) in [6.07, 6.45) is 18.1. The highest BCUT2D eigenvalue weighted by Gasteiger charge is 2.17. The zero-order valence-electron chi connectivity index (χ0n) is 22.3. The smallest absolute Gasteiger partial charge is 0.220 e. The number of aryl methyl sites for hydroxylation is 1. The summed E-state index contributed by atoms with van der Waals surface area (Å²) in [5.74, 6) is 0.967. The van der Waals surface area contributed by atoms with Crippen molar-refractivity contribution in [1.82, 2.24) is 4.90 Å². The van der Waals surface area contributed by atoms with Gasteiger partial charge in [-0.25, -0.2) is 4.57 Å². The number of halogens is 1. The number of carbonyl (C=O) groups excluding carboxylic acids is 1. The molecule has 4 nitrogen and oxygen atoms in total. The maximum atomic E-state index is 12.3. The fourth-order valence-electron chi connectivity index (χ4n) is 4.30. The molecule has 2 aromatic rings. The van der Waals surface area contributed by atoms with Crippen molar-refractivity contribution in [2.45, 2.75) is 104 Å². The fourth-order valence-corrected chi connectivity index (χ4v) is 4.30. The van der Waals surface area contributed by atoms with Gasteiger partial charge in [0.25, 0.3) is 0 Å². The van der Waals surface area contributed by atoms with Crippen LogP contribution in [0.2, 0.25) is 0 Å². The number of pyridine rings is 1. The van der Waals surface area contributed by atoms with Crippen LogP contribution in [0.5, 0.6) is 5.75 Å². The molecule has 0 saturated carbocycles. The molecular weight excluding hydrogens is 547 g/mol. The first-order valence-electron chi connectivity index (χ1n) is 13.5. The Labute approximate surface area is 231 Å². The number of rotatable bonds is 18. The summed E-state index contributed by atoms with van der Waals surface area (Å²) in [5.41, 5.74) is 2.17. The van der Waals surface area contributed by atoms with Crippen molar-refractivity contribution in [2.75, 3.05) is 6.61 Å². The highest BCUT2D eigenvalue weighted by atomic mass is 127. The largest absolute Gasteiger partial charge is 1.00 e. The number of ether oxygens (including phenoxy) is 1. The van der Waals surface area contributed by atoms with Crippen molar-refractivity contribution in [1.29, 1.82) is 0 Å². The van der Waals surface area contributed by atoms with Gasteiger partial charge in [0, 0.05) is 31.2 Å². The Morgan fingerprint density at radius 2 is 1.37 bits per heavy atom. The van der Waals surface area contributed by atoms with Crippen molar-refractivity contribution >= 4 is 5.91 Å². The second-order valence-corrected chi connectivity index (χ2v) is 9.52. The number of aromatic nitrogens is 1. The van der Waals surface area contributed by atoms with E-state index in [4.69, 9.17) is 4.74 Å². The third kappa shape index (κ3) is 13.3. The van der Waals surface area contributed by atoms with E-state index in [1.807, 2.05) is 48.5 Å². The van der Waals surface area contributed by atoms with Crippen LogP contribution in [-0.2, 0) is 24.9 Å². The number of hydrogen-bond donors (Lipinski definition) is 0. The van der Waals surface area contributed by atoms with E-state index >= 15 is 0 Å². The summed E-state index contributed by atoms with van der Waals surface area (Å²) < 4.78 is 8.20. The first-order valence-corrected chi connectivity index (χ1v) is 13.5. The first kappa shape index (κ1) is 31.4. The van der Waals surface area contributed by atoms with Gasteiger partial charge in [0.15, 0.2) is 6.20 Å². The molecule has 0 atom stereocenters. The highest BCUT2D eigenvalue weighted by Crippen LogP contribution is 2.21. The Morgan fingerprint density at radius 1 is 0.800 bits per heavy atom. The van der Waals surface area contributed by atoms with Gasteiger partial charge in [0.2, 0.25) is 11.6 Å². The number of hydrogen-bond acceptors (Lipinski definition) is 2. The summed E-state index contributed by atoms with van der Waals surface area (Å²) in [6.45, 7) is 5.79. The average molecular weight is 595 g/mol. The van der Waals surface area contributed by atoms with Crippen LogP contribution in [0.15, 0.2) is 48.7 Å². The topological polar surface area (TPSA) is 33.4 Å². The fraction of sp³-hybridized carbons (Fsp3) is 0.600. The molecule has 0 aliphatic rings. The standard InChI is InChI=1S/C30H47N2O2.HI/c1-4-5-6-7-8-9-10-11-12-13-14-19-24-34-30-22-16-15-20-28(30)25-32(27(2)33)26-29-21-17-18-23-31(29)3;/h15-18,20-23H,4-14,19,24-26H2,1-3H3;1H/q+1;/p-1. The van der Waals surface area contributed by atoms with Gasteiger partial charge in [0.05, 0.1) is 6.61 Å². The molecule has 5 heteroatoms. The van der Waals surface area contributed by atoms with E-state index in [2.05, 4.69) is 23.6 Å². The molecule has 0 fully saturated rings. The zero-order chi connectivity index (χ0) is 24.4. The SMILES string of the molecule is CCCCCCCCCCCCCCOc1ccccc1CN(Cc1cccc[n+]1C)C(C)=O.[I-]. The minimum atomic E-state index is 0. The zero-order valence-corrected chi connectivity index (χ0v) is 24.5. The van der Waals surface area contributed by atoms with Crippen molar-refractivity contribution in [2.24, 2.45) is 7.05 Å². The van der Waals surface area contributed by atoms with Crippen LogP contribution in [0.3, 0.4) is 0 Å². The van der Waals surface area contributed by atoms with Crippen molar-refractivity contribution < 1.29 is 38.1 Å². The number of carbonyl (C=O) groups is 1. The van der Waals surface area contributed by atoms with Gasteiger partial charge in [-0.05, 0) is 12.5 Å². The lowest BCUT2D eigenvalue weighted by Gasteiger charge is -2.21. The Balaban J connectivity index is 0.00000612. The summed E-state index contributed by atoms with van der Waals surface area (Å²) in [7, 11) is 2.01. The Morgan fingerprint density at radius 3 is 1.97 bits per heavy atom. The van der Waals surface area contributed by atoms with Crippen LogP contribution in [0, 0.1) is 0 Å². The molecule has 0 radical (unpaired) electrons. The average Bonchev–Trinajstić information content (AvgIpc) is 2.83. The lowest BCUT2D eigenvalue weighted by Crippen LogP contribution is -3.00. The molecule has 1 aromatic carbocycles. The van der Waals surface area contributed by atoms with Crippen LogP contribution in [-0.4, -0.2) is 17.4 Å². The summed E-state index contributed by atoms with van der Waals surface area (Å²) >= 11 is 0. The second kappa shape index (κ2) is 19.5. The molecule has 0 unspecified atom stereocenters. The van der Waals surface area contributed by atoms with Crippen LogP contribution in [0.4, 0.5) is 0 Å². The lowest BCUT2D eigenvalue weighted by atomic mass is 10.1. The molecule has 1 heterocycles. The van der Waals surface area contributed by atoms with Gasteiger partial charge in [-0.1, -0.05) is 102 Å².